The largest absolute Gasteiger partial charge is 0.490 e. The molecule has 1 fully saturated rings. The van der Waals surface area contributed by atoms with E-state index in [1.807, 2.05) is 30.3 Å². The summed E-state index contributed by atoms with van der Waals surface area (Å²) in [6, 6.07) is 15.3. The Bertz CT molecular complexity index is 841. The highest BCUT2D eigenvalue weighted by molar-refractivity contribution is 6.04. The number of urea groups is 1. The van der Waals surface area contributed by atoms with Crippen LogP contribution in [0.15, 0.2) is 54.6 Å². The van der Waals surface area contributed by atoms with Crippen molar-refractivity contribution in [1.82, 2.24) is 10.6 Å². The maximum absolute atomic E-state index is 12.2. The van der Waals surface area contributed by atoms with E-state index in [1.54, 1.807) is 24.3 Å². The van der Waals surface area contributed by atoms with Gasteiger partial charge in [-0.3, -0.25) is 14.9 Å². The summed E-state index contributed by atoms with van der Waals surface area (Å²) in [6.45, 7) is 0.679. The van der Waals surface area contributed by atoms with Gasteiger partial charge in [0.05, 0.1) is 5.69 Å². The van der Waals surface area contributed by atoms with Crippen LogP contribution < -0.4 is 25.4 Å². The minimum Gasteiger partial charge on any atom is -0.490 e. The Labute approximate surface area is 162 Å². The van der Waals surface area contributed by atoms with Gasteiger partial charge in [0, 0.05) is 6.42 Å². The number of anilines is 1. The fourth-order valence-electron chi connectivity index (χ4n) is 2.67. The zero-order chi connectivity index (χ0) is 19.8. The summed E-state index contributed by atoms with van der Waals surface area (Å²) in [6.07, 6.45) is 0.307. The summed E-state index contributed by atoms with van der Waals surface area (Å²) in [5.41, 5.74) is 0.534. The molecule has 0 aliphatic carbocycles. The van der Waals surface area contributed by atoms with E-state index in [-0.39, 0.29) is 18.7 Å². The highest BCUT2D eigenvalue weighted by atomic mass is 16.5. The Hall–Kier alpha value is -3.55. The molecule has 8 heteroatoms. The number of rotatable bonds is 9. The third-order valence-electron chi connectivity index (χ3n) is 4.03. The van der Waals surface area contributed by atoms with E-state index < -0.39 is 18.0 Å². The van der Waals surface area contributed by atoms with E-state index >= 15 is 0 Å². The summed E-state index contributed by atoms with van der Waals surface area (Å²) >= 11 is 0. The van der Waals surface area contributed by atoms with Gasteiger partial charge in [-0.05, 0) is 30.7 Å². The van der Waals surface area contributed by atoms with E-state index in [0.29, 0.717) is 24.7 Å². The van der Waals surface area contributed by atoms with Gasteiger partial charge in [-0.25, -0.2) is 4.79 Å². The first-order chi connectivity index (χ1) is 13.6. The van der Waals surface area contributed by atoms with Gasteiger partial charge in [0.25, 0.3) is 5.91 Å². The Balaban J connectivity index is 1.45. The van der Waals surface area contributed by atoms with E-state index in [4.69, 9.17) is 9.47 Å². The predicted octanol–water partition coefficient (Wildman–Crippen LogP) is 2.07. The van der Waals surface area contributed by atoms with Crippen molar-refractivity contribution in [3.8, 4) is 11.5 Å². The van der Waals surface area contributed by atoms with E-state index in [9.17, 15) is 14.4 Å². The minimum absolute atomic E-state index is 0.0871. The highest BCUT2D eigenvalue weighted by Gasteiger charge is 2.29. The molecule has 1 atom stereocenters. The topological polar surface area (TPSA) is 106 Å². The molecule has 4 amide bonds. The van der Waals surface area contributed by atoms with Crippen LogP contribution in [0.25, 0.3) is 0 Å². The van der Waals surface area contributed by atoms with Crippen molar-refractivity contribution in [2.24, 2.45) is 0 Å². The number of carbonyl (C=O) groups excluding carboxylic acids is 3. The molecule has 1 aliphatic heterocycles. The molecule has 3 rings (SSSR count). The molecule has 0 radical (unpaired) electrons. The van der Waals surface area contributed by atoms with Crippen molar-refractivity contribution < 1.29 is 23.9 Å². The third kappa shape index (κ3) is 5.47. The predicted molar refractivity (Wildman–Crippen MR) is 102 cm³/mol. The van der Waals surface area contributed by atoms with Gasteiger partial charge in [-0.15, -0.1) is 0 Å². The van der Waals surface area contributed by atoms with Crippen molar-refractivity contribution in [3.63, 3.8) is 0 Å². The summed E-state index contributed by atoms with van der Waals surface area (Å²) < 4.78 is 11.3. The van der Waals surface area contributed by atoms with Gasteiger partial charge in [0.15, 0.2) is 0 Å². The molecule has 1 heterocycles. The molecule has 1 aliphatic rings. The smallest absolute Gasteiger partial charge is 0.322 e. The second-order valence-corrected chi connectivity index (χ2v) is 6.11. The zero-order valence-electron chi connectivity index (χ0n) is 15.1. The van der Waals surface area contributed by atoms with Crippen molar-refractivity contribution in [2.45, 2.75) is 18.9 Å². The summed E-state index contributed by atoms with van der Waals surface area (Å²) in [5, 5.41) is 7.37. The van der Waals surface area contributed by atoms with E-state index in [1.165, 1.54) is 0 Å². The number of hydrogen-bond donors (Lipinski definition) is 3. The summed E-state index contributed by atoms with van der Waals surface area (Å²) in [5.74, 6) is 0.598. The molecule has 1 saturated heterocycles. The Morgan fingerprint density at radius 3 is 2.43 bits per heavy atom. The number of carbonyl (C=O) groups is 3. The normalized spacial score (nSPS) is 15.5. The van der Waals surface area contributed by atoms with Crippen LogP contribution in [0.1, 0.15) is 12.8 Å². The first-order valence-corrected chi connectivity index (χ1v) is 8.93. The Morgan fingerprint density at radius 1 is 0.964 bits per heavy atom. The second-order valence-electron chi connectivity index (χ2n) is 6.11. The first kappa shape index (κ1) is 19.2. The van der Waals surface area contributed by atoms with Crippen LogP contribution in [0, 0.1) is 0 Å². The monoisotopic (exact) mass is 383 g/mol. The average molecular weight is 383 g/mol. The van der Waals surface area contributed by atoms with E-state index in [0.717, 1.165) is 5.75 Å². The molecule has 0 saturated carbocycles. The van der Waals surface area contributed by atoms with Gasteiger partial charge in [0.1, 0.15) is 30.8 Å². The SMILES string of the molecule is O=C(CCC1NC(=O)NC1=O)Nc1ccccc1OCCOc1ccccc1. The fraction of sp³-hybridized carbons (Fsp3) is 0.250. The molecule has 8 nitrogen and oxygen atoms in total. The first-order valence-electron chi connectivity index (χ1n) is 8.93. The van der Waals surface area contributed by atoms with Gasteiger partial charge < -0.3 is 20.1 Å². The zero-order valence-corrected chi connectivity index (χ0v) is 15.1. The van der Waals surface area contributed by atoms with Gasteiger partial charge >= 0.3 is 6.03 Å². The van der Waals surface area contributed by atoms with Crippen LogP contribution in [0.4, 0.5) is 10.5 Å². The number of benzene rings is 2. The number of para-hydroxylation sites is 3. The Morgan fingerprint density at radius 2 is 1.68 bits per heavy atom. The molecular formula is C20H21N3O5. The van der Waals surface area contributed by atoms with Crippen LogP contribution in [-0.2, 0) is 9.59 Å². The van der Waals surface area contributed by atoms with Gasteiger partial charge in [0.2, 0.25) is 5.91 Å². The lowest BCUT2D eigenvalue weighted by Gasteiger charge is -2.13. The molecular weight excluding hydrogens is 362 g/mol. The van der Waals surface area contributed by atoms with Crippen LogP contribution in [0.5, 0.6) is 11.5 Å². The van der Waals surface area contributed by atoms with E-state index in [2.05, 4.69) is 16.0 Å². The molecule has 0 spiro atoms. The fourth-order valence-corrected chi connectivity index (χ4v) is 2.67. The van der Waals surface area contributed by atoms with Crippen LogP contribution >= 0.6 is 0 Å². The molecule has 2 aromatic carbocycles. The molecule has 1 unspecified atom stereocenters. The third-order valence-corrected chi connectivity index (χ3v) is 4.03. The van der Waals surface area contributed by atoms with Crippen molar-refractivity contribution in [2.75, 3.05) is 18.5 Å². The molecule has 28 heavy (non-hydrogen) atoms. The number of nitrogens with one attached hydrogen (secondary N) is 3. The maximum atomic E-state index is 12.2. The van der Waals surface area contributed by atoms with Crippen molar-refractivity contribution >= 4 is 23.5 Å². The molecule has 0 aromatic heterocycles. The van der Waals surface area contributed by atoms with Crippen molar-refractivity contribution in [1.29, 1.82) is 0 Å². The lowest BCUT2D eigenvalue weighted by molar-refractivity contribution is -0.120. The number of ether oxygens (including phenoxy) is 2. The number of hydrogen-bond acceptors (Lipinski definition) is 5. The lowest BCUT2D eigenvalue weighted by Crippen LogP contribution is -2.30. The van der Waals surface area contributed by atoms with Gasteiger partial charge in [-0.2, -0.15) is 0 Å². The number of imide groups is 1. The van der Waals surface area contributed by atoms with Crippen molar-refractivity contribution in [3.05, 3.63) is 54.6 Å². The Kier molecular flexibility index (Phi) is 6.46. The standard InChI is InChI=1S/C20H21N3O5/c24-18(11-10-16-19(25)23-20(26)22-16)21-15-8-4-5-9-17(15)28-13-12-27-14-6-2-1-3-7-14/h1-9,16H,10-13H2,(H,21,24)(H2,22,23,25,26). The average Bonchev–Trinajstić information content (AvgIpc) is 3.03. The molecule has 146 valence electrons. The summed E-state index contributed by atoms with van der Waals surface area (Å²) in [7, 11) is 0. The van der Waals surface area contributed by atoms with Crippen LogP contribution in [-0.4, -0.2) is 37.1 Å². The molecule has 3 N–H and O–H groups in total. The quantitative estimate of drug-likeness (QED) is 0.454. The van der Waals surface area contributed by atoms with Crippen LogP contribution in [0.2, 0.25) is 0 Å². The second kappa shape index (κ2) is 9.40. The maximum Gasteiger partial charge on any atom is 0.322 e. The summed E-state index contributed by atoms with van der Waals surface area (Å²) in [4.78, 5) is 34.8. The highest BCUT2D eigenvalue weighted by Crippen LogP contribution is 2.24. The lowest BCUT2D eigenvalue weighted by atomic mass is 10.1. The van der Waals surface area contributed by atoms with Crippen LogP contribution in [0.3, 0.4) is 0 Å². The molecule has 0 bridgehead atoms. The minimum atomic E-state index is -0.681. The molecule has 2 aromatic rings. The number of amides is 4. The van der Waals surface area contributed by atoms with Gasteiger partial charge in [-0.1, -0.05) is 30.3 Å².